The van der Waals surface area contributed by atoms with Gasteiger partial charge in [0.1, 0.15) is 0 Å². The lowest BCUT2D eigenvalue weighted by Crippen LogP contribution is -2.14. The average molecular weight is 283 g/mol. The summed E-state index contributed by atoms with van der Waals surface area (Å²) in [6, 6.07) is 10.5. The summed E-state index contributed by atoms with van der Waals surface area (Å²) in [6.07, 6.45) is 0. The maximum Gasteiger partial charge on any atom is 0.335 e. The van der Waals surface area contributed by atoms with E-state index < -0.39 is 5.97 Å². The fraction of sp³-hybridized carbons (Fsp3) is 0.176. The number of amides is 1. The van der Waals surface area contributed by atoms with Crippen molar-refractivity contribution in [3.8, 4) is 0 Å². The zero-order valence-electron chi connectivity index (χ0n) is 12.2. The topological polar surface area (TPSA) is 66.4 Å². The summed E-state index contributed by atoms with van der Waals surface area (Å²) in [5.74, 6) is -1.17. The number of carboxylic acids is 1. The van der Waals surface area contributed by atoms with E-state index in [1.807, 2.05) is 32.0 Å². The Bertz CT molecular complexity index is 720. The van der Waals surface area contributed by atoms with E-state index in [1.54, 1.807) is 19.1 Å². The highest BCUT2D eigenvalue weighted by molar-refractivity contribution is 6.05. The third-order valence-electron chi connectivity index (χ3n) is 3.35. The first-order valence-corrected chi connectivity index (χ1v) is 6.61. The van der Waals surface area contributed by atoms with E-state index in [0.717, 1.165) is 11.1 Å². The predicted molar refractivity (Wildman–Crippen MR) is 82.0 cm³/mol. The fourth-order valence-corrected chi connectivity index (χ4v) is 2.16. The summed E-state index contributed by atoms with van der Waals surface area (Å²) in [6.45, 7) is 5.52. The van der Waals surface area contributed by atoms with Crippen molar-refractivity contribution in [3.63, 3.8) is 0 Å². The van der Waals surface area contributed by atoms with E-state index in [0.29, 0.717) is 16.8 Å². The molecule has 4 nitrogen and oxygen atoms in total. The van der Waals surface area contributed by atoms with E-state index in [2.05, 4.69) is 5.32 Å². The van der Waals surface area contributed by atoms with Crippen molar-refractivity contribution in [3.05, 3.63) is 64.2 Å². The van der Waals surface area contributed by atoms with Gasteiger partial charge >= 0.3 is 5.97 Å². The van der Waals surface area contributed by atoms with Gasteiger partial charge in [-0.3, -0.25) is 4.79 Å². The molecular formula is C17H17NO3. The Hall–Kier alpha value is -2.62. The summed E-state index contributed by atoms with van der Waals surface area (Å²) < 4.78 is 0. The van der Waals surface area contributed by atoms with Crippen LogP contribution in [0, 0.1) is 20.8 Å². The van der Waals surface area contributed by atoms with E-state index >= 15 is 0 Å². The van der Waals surface area contributed by atoms with Gasteiger partial charge in [0.15, 0.2) is 0 Å². The Balaban J connectivity index is 2.26. The predicted octanol–water partition coefficient (Wildman–Crippen LogP) is 3.56. The second-order valence-electron chi connectivity index (χ2n) is 5.11. The number of anilines is 1. The lowest BCUT2D eigenvalue weighted by Gasteiger charge is -2.10. The number of rotatable bonds is 3. The molecule has 108 valence electrons. The SMILES string of the molecule is Cc1ccc(C)c(C(=O)Nc2ccc(C(=O)O)c(C)c2)c1. The van der Waals surface area contributed by atoms with Crippen LogP contribution in [0.2, 0.25) is 0 Å². The molecule has 0 aromatic heterocycles. The Kier molecular flexibility index (Phi) is 4.08. The van der Waals surface area contributed by atoms with Crippen LogP contribution < -0.4 is 5.32 Å². The minimum Gasteiger partial charge on any atom is -0.478 e. The largest absolute Gasteiger partial charge is 0.478 e. The average Bonchev–Trinajstić information content (AvgIpc) is 2.41. The number of carbonyl (C=O) groups excluding carboxylic acids is 1. The van der Waals surface area contributed by atoms with Crippen molar-refractivity contribution in [1.29, 1.82) is 0 Å². The van der Waals surface area contributed by atoms with Gasteiger partial charge < -0.3 is 10.4 Å². The van der Waals surface area contributed by atoms with Gasteiger partial charge in [0, 0.05) is 11.3 Å². The third kappa shape index (κ3) is 3.28. The molecule has 0 bridgehead atoms. The van der Waals surface area contributed by atoms with Crippen molar-refractivity contribution in [2.75, 3.05) is 5.32 Å². The third-order valence-corrected chi connectivity index (χ3v) is 3.35. The molecule has 0 spiro atoms. The molecule has 2 aromatic rings. The zero-order chi connectivity index (χ0) is 15.6. The van der Waals surface area contributed by atoms with Crippen LogP contribution in [0.15, 0.2) is 36.4 Å². The lowest BCUT2D eigenvalue weighted by molar-refractivity contribution is 0.0696. The molecule has 2 N–H and O–H groups in total. The molecule has 0 unspecified atom stereocenters. The van der Waals surface area contributed by atoms with Crippen molar-refractivity contribution in [2.45, 2.75) is 20.8 Å². The number of aromatic carboxylic acids is 1. The van der Waals surface area contributed by atoms with Crippen LogP contribution in [-0.2, 0) is 0 Å². The lowest BCUT2D eigenvalue weighted by atomic mass is 10.0. The maximum atomic E-state index is 12.3. The minimum atomic E-state index is -0.972. The molecular weight excluding hydrogens is 266 g/mol. The highest BCUT2D eigenvalue weighted by atomic mass is 16.4. The molecule has 0 aliphatic rings. The summed E-state index contributed by atoms with van der Waals surface area (Å²) in [4.78, 5) is 23.3. The molecule has 0 saturated heterocycles. The van der Waals surface area contributed by atoms with Crippen LogP contribution in [0.5, 0.6) is 0 Å². The number of hydrogen-bond acceptors (Lipinski definition) is 2. The summed E-state index contributed by atoms with van der Waals surface area (Å²) in [5, 5.41) is 11.8. The van der Waals surface area contributed by atoms with Gasteiger partial charge in [-0.25, -0.2) is 4.79 Å². The molecule has 2 aromatic carbocycles. The van der Waals surface area contributed by atoms with Gasteiger partial charge in [-0.2, -0.15) is 0 Å². The van der Waals surface area contributed by atoms with E-state index in [4.69, 9.17) is 5.11 Å². The first-order chi connectivity index (χ1) is 9.88. The van der Waals surface area contributed by atoms with Crippen molar-refractivity contribution >= 4 is 17.6 Å². The Morgan fingerprint density at radius 2 is 1.62 bits per heavy atom. The maximum absolute atomic E-state index is 12.3. The first-order valence-electron chi connectivity index (χ1n) is 6.61. The standard InChI is InChI=1S/C17H17NO3/c1-10-4-5-11(2)15(8-10)16(19)18-13-6-7-14(17(20)21)12(3)9-13/h4-9H,1-3H3,(H,18,19)(H,20,21). The first kappa shape index (κ1) is 14.8. The Labute approximate surface area is 123 Å². The van der Waals surface area contributed by atoms with Crippen LogP contribution in [-0.4, -0.2) is 17.0 Å². The molecule has 0 aliphatic carbocycles. The highest BCUT2D eigenvalue weighted by Gasteiger charge is 2.11. The molecule has 1 amide bonds. The fourth-order valence-electron chi connectivity index (χ4n) is 2.16. The molecule has 0 heterocycles. The quantitative estimate of drug-likeness (QED) is 0.905. The van der Waals surface area contributed by atoms with Crippen LogP contribution in [0.1, 0.15) is 37.4 Å². The molecule has 0 aliphatic heterocycles. The smallest absolute Gasteiger partial charge is 0.335 e. The van der Waals surface area contributed by atoms with Crippen molar-refractivity contribution in [1.82, 2.24) is 0 Å². The molecule has 2 rings (SSSR count). The van der Waals surface area contributed by atoms with E-state index in [1.165, 1.54) is 6.07 Å². The van der Waals surface area contributed by atoms with Gasteiger partial charge in [-0.05, 0) is 56.2 Å². The molecule has 21 heavy (non-hydrogen) atoms. The van der Waals surface area contributed by atoms with Gasteiger partial charge in [0.25, 0.3) is 5.91 Å². The molecule has 4 heteroatoms. The number of hydrogen-bond donors (Lipinski definition) is 2. The molecule has 0 saturated carbocycles. The molecule has 0 fully saturated rings. The summed E-state index contributed by atoms with van der Waals surface area (Å²) in [5.41, 5.74) is 3.97. The van der Waals surface area contributed by atoms with Crippen LogP contribution in [0.4, 0.5) is 5.69 Å². The number of benzene rings is 2. The molecule has 0 radical (unpaired) electrons. The second-order valence-corrected chi connectivity index (χ2v) is 5.11. The second kappa shape index (κ2) is 5.79. The summed E-state index contributed by atoms with van der Waals surface area (Å²) in [7, 11) is 0. The van der Waals surface area contributed by atoms with Crippen LogP contribution >= 0.6 is 0 Å². The van der Waals surface area contributed by atoms with E-state index in [9.17, 15) is 9.59 Å². The van der Waals surface area contributed by atoms with Crippen molar-refractivity contribution in [2.24, 2.45) is 0 Å². The van der Waals surface area contributed by atoms with Gasteiger partial charge in [0.2, 0.25) is 0 Å². The normalized spacial score (nSPS) is 10.2. The van der Waals surface area contributed by atoms with Crippen molar-refractivity contribution < 1.29 is 14.7 Å². The zero-order valence-corrected chi connectivity index (χ0v) is 12.2. The van der Waals surface area contributed by atoms with Gasteiger partial charge in [0.05, 0.1) is 5.56 Å². The van der Waals surface area contributed by atoms with Gasteiger partial charge in [-0.15, -0.1) is 0 Å². The van der Waals surface area contributed by atoms with Crippen LogP contribution in [0.3, 0.4) is 0 Å². The summed E-state index contributed by atoms with van der Waals surface area (Å²) >= 11 is 0. The number of carboxylic acid groups (broad SMARTS) is 1. The van der Waals surface area contributed by atoms with Crippen LogP contribution in [0.25, 0.3) is 0 Å². The van der Waals surface area contributed by atoms with Gasteiger partial charge in [-0.1, -0.05) is 17.7 Å². The number of aryl methyl sites for hydroxylation is 3. The molecule has 0 atom stereocenters. The highest BCUT2D eigenvalue weighted by Crippen LogP contribution is 2.18. The number of carbonyl (C=O) groups is 2. The Morgan fingerprint density at radius 3 is 2.24 bits per heavy atom. The number of nitrogens with one attached hydrogen (secondary N) is 1. The minimum absolute atomic E-state index is 0.196. The Morgan fingerprint density at radius 1 is 0.905 bits per heavy atom. The monoisotopic (exact) mass is 283 g/mol. The van der Waals surface area contributed by atoms with E-state index in [-0.39, 0.29) is 11.5 Å².